The zero-order valence-electron chi connectivity index (χ0n) is 20.7. The number of ether oxygens (including phenoxy) is 4. The zero-order chi connectivity index (χ0) is 26.2. The van der Waals surface area contributed by atoms with E-state index in [0.717, 1.165) is 54.7 Å². The number of aliphatic carboxylic acids is 2. The van der Waals surface area contributed by atoms with E-state index in [9.17, 15) is 0 Å². The van der Waals surface area contributed by atoms with Crippen molar-refractivity contribution in [3.63, 3.8) is 0 Å². The maximum atomic E-state index is 9.10. The van der Waals surface area contributed by atoms with Gasteiger partial charge in [-0.05, 0) is 47.9 Å². The molecule has 2 N–H and O–H groups in total. The summed E-state index contributed by atoms with van der Waals surface area (Å²) in [6.07, 6.45) is 3.03. The van der Waals surface area contributed by atoms with Crippen LogP contribution in [0.1, 0.15) is 16.8 Å². The molecule has 2 aromatic carbocycles. The summed E-state index contributed by atoms with van der Waals surface area (Å²) in [5, 5.41) is 14.8. The molecule has 4 rings (SSSR count). The number of carboxylic acids is 2. The molecule has 0 amide bonds. The van der Waals surface area contributed by atoms with Crippen LogP contribution in [0.5, 0.6) is 23.0 Å². The Morgan fingerprint density at radius 1 is 0.806 bits per heavy atom. The van der Waals surface area contributed by atoms with E-state index in [1.54, 1.807) is 28.4 Å². The van der Waals surface area contributed by atoms with Gasteiger partial charge in [0.1, 0.15) is 0 Å². The van der Waals surface area contributed by atoms with Crippen LogP contribution in [0.15, 0.2) is 48.7 Å². The van der Waals surface area contributed by atoms with Crippen LogP contribution < -0.4 is 18.9 Å². The zero-order valence-corrected chi connectivity index (χ0v) is 20.7. The molecule has 0 fully saturated rings. The Bertz CT molecular complexity index is 1210. The average molecular weight is 499 g/mol. The molecule has 10 nitrogen and oxygen atoms in total. The van der Waals surface area contributed by atoms with Gasteiger partial charge in [-0.15, -0.1) is 0 Å². The summed E-state index contributed by atoms with van der Waals surface area (Å²) in [6, 6.07) is 14.5. The summed E-state index contributed by atoms with van der Waals surface area (Å²) in [5.41, 5.74) is 4.84. The van der Waals surface area contributed by atoms with Gasteiger partial charge >= 0.3 is 11.9 Å². The minimum Gasteiger partial charge on any atom is -0.493 e. The molecule has 1 aliphatic rings. The Hall–Kier alpha value is -4.18. The first-order valence-electron chi connectivity index (χ1n) is 11.1. The van der Waals surface area contributed by atoms with Crippen molar-refractivity contribution in [2.75, 3.05) is 35.0 Å². The Morgan fingerprint density at radius 2 is 1.42 bits per heavy atom. The van der Waals surface area contributed by atoms with Gasteiger partial charge in [-0.2, -0.15) is 0 Å². The van der Waals surface area contributed by atoms with Crippen LogP contribution in [0, 0.1) is 0 Å². The van der Waals surface area contributed by atoms with Crippen molar-refractivity contribution < 1.29 is 38.7 Å². The predicted octanol–water partition coefficient (Wildman–Crippen LogP) is 3.23. The second-order valence-electron chi connectivity index (χ2n) is 7.97. The lowest BCUT2D eigenvalue weighted by Gasteiger charge is -2.21. The van der Waals surface area contributed by atoms with Crippen molar-refractivity contribution >= 4 is 11.9 Å². The van der Waals surface area contributed by atoms with E-state index in [1.165, 1.54) is 16.8 Å². The Morgan fingerprint density at radius 3 is 2.03 bits per heavy atom. The van der Waals surface area contributed by atoms with Crippen LogP contribution in [0.25, 0.3) is 5.69 Å². The summed E-state index contributed by atoms with van der Waals surface area (Å²) in [5.74, 6) is -0.628. The summed E-state index contributed by atoms with van der Waals surface area (Å²) in [7, 11) is 6.68. The fraction of sp³-hybridized carbons (Fsp3) is 0.308. The Labute approximate surface area is 209 Å². The van der Waals surface area contributed by atoms with Crippen molar-refractivity contribution in [1.82, 2.24) is 9.47 Å². The third-order valence-electron chi connectivity index (χ3n) is 5.80. The van der Waals surface area contributed by atoms with E-state index in [-0.39, 0.29) is 0 Å². The highest BCUT2D eigenvalue weighted by molar-refractivity contribution is 6.27. The molecule has 0 bridgehead atoms. The largest absolute Gasteiger partial charge is 0.493 e. The molecule has 0 saturated carbocycles. The first-order chi connectivity index (χ1) is 17.3. The normalized spacial score (nSPS) is 12.2. The number of carboxylic acid groups (broad SMARTS) is 2. The van der Waals surface area contributed by atoms with Gasteiger partial charge in [0.2, 0.25) is 0 Å². The first-order valence-corrected chi connectivity index (χ1v) is 11.1. The average Bonchev–Trinajstić information content (AvgIpc) is 3.29. The number of rotatable bonds is 7. The summed E-state index contributed by atoms with van der Waals surface area (Å²) in [4.78, 5) is 20.7. The lowest BCUT2D eigenvalue weighted by atomic mass is 10.1. The molecule has 192 valence electrons. The standard InChI is InChI=1S/C24H28N2O4.C2H2O4/c1-27-21-8-7-17(12-22(21)28-2)9-11-25-15-18-13-23(29-3)24(30-4)14-20(18)26-10-5-6-19(26)16-25;3-1(4)2(5)6/h5-8,10,12-14H,9,11,15-16H2,1-4H3;(H,3,4)(H,5,6). The van der Waals surface area contributed by atoms with Crippen LogP contribution in [0.4, 0.5) is 0 Å². The lowest BCUT2D eigenvalue weighted by molar-refractivity contribution is -0.159. The first kappa shape index (κ1) is 26.4. The van der Waals surface area contributed by atoms with Gasteiger partial charge in [0.05, 0.1) is 34.1 Å². The summed E-state index contributed by atoms with van der Waals surface area (Å²) < 4.78 is 24.1. The third kappa shape index (κ3) is 6.08. The molecular weight excluding hydrogens is 468 g/mol. The number of nitrogens with zero attached hydrogens (tertiary/aromatic N) is 2. The van der Waals surface area contributed by atoms with Crippen LogP contribution in [-0.2, 0) is 29.1 Å². The number of benzene rings is 2. The van der Waals surface area contributed by atoms with Gasteiger partial charge in [-0.3, -0.25) is 4.90 Å². The molecule has 36 heavy (non-hydrogen) atoms. The van der Waals surface area contributed by atoms with Gasteiger partial charge in [0.25, 0.3) is 0 Å². The van der Waals surface area contributed by atoms with Gasteiger partial charge in [0.15, 0.2) is 23.0 Å². The van der Waals surface area contributed by atoms with Crippen molar-refractivity contribution in [2.24, 2.45) is 0 Å². The van der Waals surface area contributed by atoms with Crippen molar-refractivity contribution in [3.05, 3.63) is 65.5 Å². The van der Waals surface area contributed by atoms with E-state index in [4.69, 9.17) is 38.7 Å². The number of methoxy groups -OCH3 is 4. The van der Waals surface area contributed by atoms with E-state index in [2.05, 4.69) is 52.1 Å². The smallest absolute Gasteiger partial charge is 0.414 e. The van der Waals surface area contributed by atoms with Gasteiger partial charge in [-0.1, -0.05) is 6.07 Å². The van der Waals surface area contributed by atoms with Crippen molar-refractivity contribution in [3.8, 4) is 28.7 Å². The highest BCUT2D eigenvalue weighted by Gasteiger charge is 2.21. The molecule has 10 heteroatoms. The number of hydrogen-bond acceptors (Lipinski definition) is 7. The molecular formula is C26H30N2O8. The highest BCUT2D eigenvalue weighted by Crippen LogP contribution is 2.35. The molecule has 0 unspecified atom stereocenters. The van der Waals surface area contributed by atoms with Crippen LogP contribution >= 0.6 is 0 Å². The van der Waals surface area contributed by atoms with Crippen LogP contribution in [-0.4, -0.2) is 66.6 Å². The number of hydrogen-bond donors (Lipinski definition) is 2. The quantitative estimate of drug-likeness (QED) is 0.473. The molecule has 1 aliphatic heterocycles. The molecule has 2 heterocycles. The topological polar surface area (TPSA) is 120 Å². The fourth-order valence-corrected chi connectivity index (χ4v) is 4.05. The molecule has 0 spiro atoms. The number of fused-ring (bicyclic) bond motifs is 3. The highest BCUT2D eigenvalue weighted by atomic mass is 16.5. The number of aromatic nitrogens is 1. The van der Waals surface area contributed by atoms with E-state index in [0.29, 0.717) is 0 Å². The molecule has 0 atom stereocenters. The van der Waals surface area contributed by atoms with Gasteiger partial charge in [-0.25, -0.2) is 9.59 Å². The minimum absolute atomic E-state index is 0.745. The van der Waals surface area contributed by atoms with Gasteiger partial charge < -0.3 is 33.7 Å². The summed E-state index contributed by atoms with van der Waals surface area (Å²) in [6.45, 7) is 2.64. The molecule has 1 aromatic heterocycles. The monoisotopic (exact) mass is 498 g/mol. The van der Waals surface area contributed by atoms with Crippen LogP contribution in [0.3, 0.4) is 0 Å². The molecule has 0 radical (unpaired) electrons. The Kier molecular flexibility index (Phi) is 8.80. The van der Waals surface area contributed by atoms with E-state index >= 15 is 0 Å². The second kappa shape index (κ2) is 12.0. The number of carbonyl (C=O) groups is 2. The third-order valence-corrected chi connectivity index (χ3v) is 5.80. The van der Waals surface area contributed by atoms with Crippen molar-refractivity contribution in [1.29, 1.82) is 0 Å². The SMILES string of the molecule is COc1ccc(CCN2Cc3cc(OC)c(OC)cc3-n3cccc3C2)cc1OC.O=C(O)C(=O)O. The maximum absolute atomic E-state index is 9.10. The molecule has 0 aliphatic carbocycles. The summed E-state index contributed by atoms with van der Waals surface area (Å²) >= 11 is 0. The van der Waals surface area contributed by atoms with Crippen molar-refractivity contribution in [2.45, 2.75) is 19.5 Å². The minimum atomic E-state index is -1.82. The Balaban J connectivity index is 0.000000538. The molecule has 0 saturated heterocycles. The lowest BCUT2D eigenvalue weighted by Crippen LogP contribution is -2.24. The second-order valence-corrected chi connectivity index (χ2v) is 7.97. The van der Waals surface area contributed by atoms with Crippen LogP contribution in [0.2, 0.25) is 0 Å². The van der Waals surface area contributed by atoms with E-state index < -0.39 is 11.9 Å². The maximum Gasteiger partial charge on any atom is 0.414 e. The van der Waals surface area contributed by atoms with E-state index in [1.807, 2.05) is 6.07 Å². The fourth-order valence-electron chi connectivity index (χ4n) is 4.05. The molecule has 3 aromatic rings. The van der Waals surface area contributed by atoms with Gasteiger partial charge in [0, 0.05) is 37.6 Å². The predicted molar refractivity (Wildman–Crippen MR) is 132 cm³/mol.